The summed E-state index contributed by atoms with van der Waals surface area (Å²) < 4.78 is 18.6. The number of likely N-dealkylation sites (tertiary alicyclic amines) is 1. The van der Waals surface area contributed by atoms with E-state index in [-0.39, 0.29) is 11.2 Å². The Kier molecular flexibility index (Phi) is 3.88. The summed E-state index contributed by atoms with van der Waals surface area (Å²) in [5.41, 5.74) is 1.45. The van der Waals surface area contributed by atoms with Crippen LogP contribution < -0.4 is 5.43 Å². The number of aromatic amines is 1. The number of nitrogens with one attached hydrogen (secondary N) is 1. The Morgan fingerprint density at radius 3 is 2.78 bits per heavy atom. The zero-order valence-corrected chi connectivity index (χ0v) is 12.9. The van der Waals surface area contributed by atoms with Gasteiger partial charge in [0, 0.05) is 61.4 Å². The van der Waals surface area contributed by atoms with Gasteiger partial charge in [0.15, 0.2) is 5.43 Å². The first-order chi connectivity index (χ1) is 11.2. The molecule has 6 heteroatoms. The van der Waals surface area contributed by atoms with E-state index in [1.165, 1.54) is 12.1 Å². The summed E-state index contributed by atoms with van der Waals surface area (Å²) in [6.45, 7) is 6.43. The van der Waals surface area contributed by atoms with Crippen LogP contribution in [0.15, 0.2) is 29.1 Å². The van der Waals surface area contributed by atoms with Crippen LogP contribution in [-0.2, 0) is 11.3 Å². The number of aromatic nitrogens is 1. The summed E-state index contributed by atoms with van der Waals surface area (Å²) in [4.78, 5) is 20.2. The van der Waals surface area contributed by atoms with Crippen molar-refractivity contribution in [3.8, 4) is 0 Å². The van der Waals surface area contributed by atoms with Crippen LogP contribution in [-0.4, -0.2) is 60.2 Å². The Morgan fingerprint density at radius 2 is 2.00 bits per heavy atom. The fourth-order valence-corrected chi connectivity index (χ4v) is 3.45. The van der Waals surface area contributed by atoms with Crippen LogP contribution in [0.1, 0.15) is 5.69 Å². The van der Waals surface area contributed by atoms with E-state index in [0.29, 0.717) is 16.9 Å². The predicted molar refractivity (Wildman–Crippen MR) is 86.0 cm³/mol. The van der Waals surface area contributed by atoms with Crippen LogP contribution >= 0.6 is 0 Å². The van der Waals surface area contributed by atoms with Crippen molar-refractivity contribution >= 4 is 10.9 Å². The molecule has 2 aliphatic heterocycles. The normalized spacial score (nSPS) is 20.7. The maximum absolute atomic E-state index is 13.2. The molecule has 5 nitrogen and oxygen atoms in total. The van der Waals surface area contributed by atoms with Gasteiger partial charge in [0.25, 0.3) is 0 Å². The zero-order chi connectivity index (χ0) is 15.8. The Balaban J connectivity index is 1.43. The zero-order valence-electron chi connectivity index (χ0n) is 12.9. The molecule has 0 bridgehead atoms. The highest BCUT2D eigenvalue weighted by Gasteiger charge is 2.32. The van der Waals surface area contributed by atoms with Gasteiger partial charge in [-0.15, -0.1) is 0 Å². The quantitative estimate of drug-likeness (QED) is 0.924. The van der Waals surface area contributed by atoms with E-state index in [1.807, 2.05) is 0 Å². The average Bonchev–Trinajstić information content (AvgIpc) is 2.52. The standard InChI is InChI=1S/C17H20FN3O2/c18-12-1-2-16-15(7-12)17(22)8-13(19-16)9-20-10-14(11-20)21-3-5-23-6-4-21/h1-2,7-8,14H,3-6,9-11H2,(H,19,22). The number of fused-ring (bicyclic) bond motifs is 1. The highest BCUT2D eigenvalue weighted by atomic mass is 19.1. The Morgan fingerprint density at radius 1 is 1.22 bits per heavy atom. The minimum atomic E-state index is -0.383. The van der Waals surface area contributed by atoms with E-state index in [4.69, 9.17) is 4.74 Å². The monoisotopic (exact) mass is 317 g/mol. The average molecular weight is 317 g/mol. The number of nitrogens with zero attached hydrogens (tertiary/aromatic N) is 2. The molecule has 122 valence electrons. The second kappa shape index (κ2) is 6.03. The van der Waals surface area contributed by atoms with Crippen molar-refractivity contribution in [2.75, 3.05) is 39.4 Å². The molecule has 2 saturated heterocycles. The number of morpholine rings is 1. The van der Waals surface area contributed by atoms with Gasteiger partial charge in [-0.3, -0.25) is 14.6 Å². The SMILES string of the molecule is O=c1cc(CN2CC(N3CCOCC3)C2)[nH]c2ccc(F)cc12. The molecule has 0 unspecified atom stereocenters. The molecule has 1 N–H and O–H groups in total. The minimum Gasteiger partial charge on any atom is -0.379 e. The van der Waals surface area contributed by atoms with Gasteiger partial charge in [-0.1, -0.05) is 0 Å². The van der Waals surface area contributed by atoms with Crippen molar-refractivity contribution in [2.45, 2.75) is 12.6 Å². The molecule has 0 aliphatic carbocycles. The van der Waals surface area contributed by atoms with Gasteiger partial charge in [-0.2, -0.15) is 0 Å². The number of ether oxygens (including phenoxy) is 1. The van der Waals surface area contributed by atoms with E-state index < -0.39 is 0 Å². The first-order valence-corrected chi connectivity index (χ1v) is 8.05. The van der Waals surface area contributed by atoms with Crippen LogP contribution in [0.4, 0.5) is 4.39 Å². The first kappa shape index (κ1) is 14.8. The summed E-state index contributed by atoms with van der Waals surface area (Å²) in [6.07, 6.45) is 0. The lowest BCUT2D eigenvalue weighted by molar-refractivity contribution is -0.0347. The van der Waals surface area contributed by atoms with Gasteiger partial charge >= 0.3 is 0 Å². The number of halogens is 1. The molecular weight excluding hydrogens is 297 g/mol. The number of pyridine rings is 1. The van der Waals surface area contributed by atoms with Gasteiger partial charge in [0.2, 0.25) is 0 Å². The molecule has 23 heavy (non-hydrogen) atoms. The van der Waals surface area contributed by atoms with E-state index in [9.17, 15) is 9.18 Å². The third kappa shape index (κ3) is 3.02. The molecule has 1 aromatic carbocycles. The molecule has 0 radical (unpaired) electrons. The Labute approximate surface area is 133 Å². The number of hydrogen-bond donors (Lipinski definition) is 1. The van der Waals surface area contributed by atoms with Crippen molar-refractivity contribution < 1.29 is 9.13 Å². The van der Waals surface area contributed by atoms with Crippen molar-refractivity contribution in [3.63, 3.8) is 0 Å². The highest BCUT2D eigenvalue weighted by Crippen LogP contribution is 2.19. The fourth-order valence-electron chi connectivity index (χ4n) is 3.45. The van der Waals surface area contributed by atoms with Gasteiger partial charge in [-0.05, 0) is 18.2 Å². The third-order valence-corrected chi connectivity index (χ3v) is 4.74. The molecule has 2 fully saturated rings. The molecule has 0 amide bonds. The van der Waals surface area contributed by atoms with Crippen molar-refractivity contribution in [2.24, 2.45) is 0 Å². The second-order valence-corrected chi connectivity index (χ2v) is 6.34. The lowest BCUT2D eigenvalue weighted by Gasteiger charge is -2.46. The van der Waals surface area contributed by atoms with Gasteiger partial charge in [0.05, 0.1) is 13.2 Å². The number of rotatable bonds is 3. The molecule has 2 aromatic rings. The minimum absolute atomic E-state index is 0.126. The van der Waals surface area contributed by atoms with E-state index >= 15 is 0 Å². The number of H-pyrrole nitrogens is 1. The molecular formula is C17H20FN3O2. The molecule has 0 spiro atoms. The van der Waals surface area contributed by atoms with Gasteiger partial charge < -0.3 is 9.72 Å². The van der Waals surface area contributed by atoms with Crippen LogP contribution in [0.25, 0.3) is 10.9 Å². The van der Waals surface area contributed by atoms with Crippen molar-refractivity contribution in [3.05, 3.63) is 46.0 Å². The molecule has 3 heterocycles. The third-order valence-electron chi connectivity index (χ3n) is 4.74. The first-order valence-electron chi connectivity index (χ1n) is 8.05. The molecule has 1 aromatic heterocycles. The second-order valence-electron chi connectivity index (χ2n) is 6.34. The van der Waals surface area contributed by atoms with Crippen LogP contribution in [0.2, 0.25) is 0 Å². The van der Waals surface area contributed by atoms with Crippen molar-refractivity contribution in [1.82, 2.24) is 14.8 Å². The summed E-state index contributed by atoms with van der Waals surface area (Å²) in [5.74, 6) is -0.383. The van der Waals surface area contributed by atoms with E-state index in [2.05, 4.69) is 14.8 Å². The van der Waals surface area contributed by atoms with E-state index in [0.717, 1.165) is 51.6 Å². The largest absolute Gasteiger partial charge is 0.379 e. The van der Waals surface area contributed by atoms with Gasteiger partial charge in [-0.25, -0.2) is 4.39 Å². The maximum Gasteiger partial charge on any atom is 0.189 e. The van der Waals surface area contributed by atoms with E-state index in [1.54, 1.807) is 12.1 Å². The van der Waals surface area contributed by atoms with Crippen molar-refractivity contribution in [1.29, 1.82) is 0 Å². The Bertz CT molecular complexity index is 764. The smallest absolute Gasteiger partial charge is 0.189 e. The van der Waals surface area contributed by atoms with Crippen LogP contribution in [0.3, 0.4) is 0 Å². The van der Waals surface area contributed by atoms with Crippen LogP contribution in [0, 0.1) is 5.82 Å². The summed E-state index contributed by atoms with van der Waals surface area (Å²) in [7, 11) is 0. The summed E-state index contributed by atoms with van der Waals surface area (Å²) in [5, 5.41) is 0.406. The molecule has 4 rings (SSSR count). The summed E-state index contributed by atoms with van der Waals surface area (Å²) in [6, 6.07) is 6.47. The molecule has 0 saturated carbocycles. The summed E-state index contributed by atoms with van der Waals surface area (Å²) >= 11 is 0. The highest BCUT2D eigenvalue weighted by molar-refractivity contribution is 5.78. The maximum atomic E-state index is 13.2. The topological polar surface area (TPSA) is 48.6 Å². The number of benzene rings is 1. The van der Waals surface area contributed by atoms with Crippen LogP contribution in [0.5, 0.6) is 0 Å². The Hall–Kier alpha value is -1.76. The predicted octanol–water partition coefficient (Wildman–Crippen LogP) is 1.18. The molecule has 2 aliphatic rings. The lowest BCUT2D eigenvalue weighted by atomic mass is 10.1. The van der Waals surface area contributed by atoms with Gasteiger partial charge in [0.1, 0.15) is 5.82 Å². The number of hydrogen-bond acceptors (Lipinski definition) is 4. The molecule has 0 atom stereocenters. The lowest BCUT2D eigenvalue weighted by Crippen LogP contribution is -2.60. The fraction of sp³-hybridized carbons (Fsp3) is 0.471.